The first-order chi connectivity index (χ1) is 8.58. The molecule has 0 radical (unpaired) electrons. The number of hydrogen-bond donors (Lipinski definition) is 1. The highest BCUT2D eigenvalue weighted by Gasteiger charge is 2.07. The Morgan fingerprint density at radius 3 is 2.78 bits per heavy atom. The van der Waals surface area contributed by atoms with E-state index < -0.39 is 11.6 Å². The van der Waals surface area contributed by atoms with E-state index >= 15 is 0 Å². The summed E-state index contributed by atoms with van der Waals surface area (Å²) < 4.78 is 28.2. The molecule has 0 aliphatic carbocycles. The lowest BCUT2D eigenvalue weighted by atomic mass is 10.2. The summed E-state index contributed by atoms with van der Waals surface area (Å²) in [7, 11) is 0. The molecule has 0 aliphatic heterocycles. The van der Waals surface area contributed by atoms with Crippen LogP contribution in [0.3, 0.4) is 0 Å². The van der Waals surface area contributed by atoms with Gasteiger partial charge >= 0.3 is 0 Å². The van der Waals surface area contributed by atoms with E-state index in [1.807, 2.05) is 24.7 Å². The van der Waals surface area contributed by atoms with E-state index in [0.717, 1.165) is 11.6 Å². The molecule has 18 heavy (non-hydrogen) atoms. The maximum atomic E-state index is 13.4. The fourth-order valence-corrected chi connectivity index (χ4v) is 1.59. The molecule has 1 heterocycles. The standard InChI is InChI=1S/C13H15F2N3/c1-9(2)18-8-10(7-17-18)6-16-12-5-3-4-11(14)13(12)15/h3-5,7-9,16H,6H2,1-2H3. The second kappa shape index (κ2) is 5.16. The quantitative estimate of drug-likeness (QED) is 0.903. The van der Waals surface area contributed by atoms with E-state index in [-0.39, 0.29) is 11.7 Å². The third kappa shape index (κ3) is 2.67. The Labute approximate surface area is 104 Å². The topological polar surface area (TPSA) is 29.9 Å². The minimum absolute atomic E-state index is 0.160. The predicted octanol–water partition coefficient (Wildman–Crippen LogP) is 3.35. The number of nitrogens with zero attached hydrogens (tertiary/aromatic N) is 2. The van der Waals surface area contributed by atoms with Gasteiger partial charge in [-0.2, -0.15) is 5.10 Å². The number of aromatic nitrogens is 2. The molecule has 3 nitrogen and oxygen atoms in total. The van der Waals surface area contributed by atoms with E-state index in [1.165, 1.54) is 12.1 Å². The first-order valence-corrected chi connectivity index (χ1v) is 5.79. The molecular formula is C13H15F2N3. The Bertz CT molecular complexity index is 535. The molecule has 0 atom stereocenters. The normalized spacial score (nSPS) is 10.9. The Morgan fingerprint density at radius 1 is 1.33 bits per heavy atom. The Kier molecular flexibility index (Phi) is 3.60. The second-order valence-electron chi connectivity index (χ2n) is 4.38. The molecule has 0 saturated carbocycles. The van der Waals surface area contributed by atoms with Crippen molar-refractivity contribution in [3.8, 4) is 0 Å². The number of rotatable bonds is 4. The molecule has 0 saturated heterocycles. The van der Waals surface area contributed by atoms with Crippen LogP contribution in [0.5, 0.6) is 0 Å². The van der Waals surface area contributed by atoms with Gasteiger partial charge in [0.15, 0.2) is 11.6 Å². The summed E-state index contributed by atoms with van der Waals surface area (Å²) in [6.45, 7) is 4.46. The van der Waals surface area contributed by atoms with Crippen molar-refractivity contribution >= 4 is 5.69 Å². The number of benzene rings is 1. The van der Waals surface area contributed by atoms with Crippen molar-refractivity contribution in [1.29, 1.82) is 0 Å². The number of hydrogen-bond acceptors (Lipinski definition) is 2. The monoisotopic (exact) mass is 251 g/mol. The Morgan fingerprint density at radius 2 is 2.11 bits per heavy atom. The van der Waals surface area contributed by atoms with Crippen LogP contribution in [0.1, 0.15) is 25.5 Å². The molecule has 5 heteroatoms. The molecule has 0 aliphatic rings. The first-order valence-electron chi connectivity index (χ1n) is 5.79. The summed E-state index contributed by atoms with van der Waals surface area (Å²) in [5, 5.41) is 7.03. The maximum Gasteiger partial charge on any atom is 0.181 e. The number of nitrogens with one attached hydrogen (secondary N) is 1. The molecule has 2 rings (SSSR count). The lowest BCUT2D eigenvalue weighted by molar-refractivity contribution is 0.511. The van der Waals surface area contributed by atoms with Gasteiger partial charge in [-0.05, 0) is 26.0 Å². The van der Waals surface area contributed by atoms with Crippen LogP contribution < -0.4 is 5.32 Å². The van der Waals surface area contributed by atoms with Crippen LogP contribution in [0, 0.1) is 11.6 Å². The smallest absolute Gasteiger partial charge is 0.181 e. The molecule has 1 aromatic heterocycles. The van der Waals surface area contributed by atoms with Crippen LogP contribution in [-0.4, -0.2) is 9.78 Å². The molecule has 1 N–H and O–H groups in total. The van der Waals surface area contributed by atoms with Crippen molar-refractivity contribution in [1.82, 2.24) is 9.78 Å². The number of halogens is 2. The minimum atomic E-state index is -0.853. The van der Waals surface area contributed by atoms with Gasteiger partial charge in [0, 0.05) is 24.3 Å². The Balaban J connectivity index is 2.04. The predicted molar refractivity (Wildman–Crippen MR) is 66.3 cm³/mol. The summed E-state index contributed by atoms with van der Waals surface area (Å²) in [6.07, 6.45) is 3.60. The molecule has 0 unspecified atom stereocenters. The molecular weight excluding hydrogens is 236 g/mol. The molecule has 0 spiro atoms. The van der Waals surface area contributed by atoms with Gasteiger partial charge in [-0.25, -0.2) is 8.78 Å². The van der Waals surface area contributed by atoms with E-state index in [9.17, 15) is 8.78 Å². The number of anilines is 1. The highest BCUT2D eigenvalue weighted by atomic mass is 19.2. The van der Waals surface area contributed by atoms with Crippen molar-refractivity contribution in [2.24, 2.45) is 0 Å². The second-order valence-corrected chi connectivity index (χ2v) is 4.38. The first kappa shape index (κ1) is 12.5. The summed E-state index contributed by atoms with van der Waals surface area (Å²) in [5.74, 6) is -1.70. The van der Waals surface area contributed by atoms with E-state index in [0.29, 0.717) is 6.54 Å². The van der Waals surface area contributed by atoms with Crippen LogP contribution in [0.25, 0.3) is 0 Å². The summed E-state index contributed by atoms with van der Waals surface area (Å²) in [6, 6.07) is 4.35. The van der Waals surface area contributed by atoms with Gasteiger partial charge in [0.05, 0.1) is 11.9 Å². The highest BCUT2D eigenvalue weighted by Crippen LogP contribution is 2.17. The van der Waals surface area contributed by atoms with Crippen molar-refractivity contribution in [2.75, 3.05) is 5.32 Å². The zero-order valence-electron chi connectivity index (χ0n) is 10.3. The van der Waals surface area contributed by atoms with Gasteiger partial charge in [0.2, 0.25) is 0 Å². The van der Waals surface area contributed by atoms with Crippen LogP contribution in [0.2, 0.25) is 0 Å². The lowest BCUT2D eigenvalue weighted by Gasteiger charge is -2.06. The molecule has 0 amide bonds. The Hall–Kier alpha value is -1.91. The van der Waals surface area contributed by atoms with Gasteiger partial charge < -0.3 is 5.32 Å². The maximum absolute atomic E-state index is 13.4. The van der Waals surface area contributed by atoms with Gasteiger partial charge in [0.25, 0.3) is 0 Å². The van der Waals surface area contributed by atoms with E-state index in [1.54, 1.807) is 6.20 Å². The molecule has 2 aromatic rings. The molecule has 0 bridgehead atoms. The lowest BCUT2D eigenvalue weighted by Crippen LogP contribution is -2.03. The van der Waals surface area contributed by atoms with Gasteiger partial charge in [-0.15, -0.1) is 0 Å². The fraction of sp³-hybridized carbons (Fsp3) is 0.308. The van der Waals surface area contributed by atoms with Crippen LogP contribution in [0.15, 0.2) is 30.6 Å². The summed E-state index contributed by atoms with van der Waals surface area (Å²) >= 11 is 0. The third-order valence-corrected chi connectivity index (χ3v) is 2.62. The van der Waals surface area contributed by atoms with E-state index in [4.69, 9.17) is 0 Å². The van der Waals surface area contributed by atoms with Gasteiger partial charge in [0.1, 0.15) is 0 Å². The highest BCUT2D eigenvalue weighted by molar-refractivity contribution is 5.45. The third-order valence-electron chi connectivity index (χ3n) is 2.62. The zero-order valence-corrected chi connectivity index (χ0v) is 10.3. The largest absolute Gasteiger partial charge is 0.378 e. The molecule has 96 valence electrons. The minimum Gasteiger partial charge on any atom is -0.378 e. The van der Waals surface area contributed by atoms with Crippen molar-refractivity contribution in [2.45, 2.75) is 26.4 Å². The van der Waals surface area contributed by atoms with Crippen molar-refractivity contribution in [3.63, 3.8) is 0 Å². The zero-order chi connectivity index (χ0) is 13.1. The van der Waals surface area contributed by atoms with Gasteiger partial charge in [-0.1, -0.05) is 6.07 Å². The molecule has 0 fully saturated rings. The average molecular weight is 251 g/mol. The van der Waals surface area contributed by atoms with Crippen LogP contribution >= 0.6 is 0 Å². The van der Waals surface area contributed by atoms with Crippen molar-refractivity contribution < 1.29 is 8.78 Å². The average Bonchev–Trinajstić information content (AvgIpc) is 2.80. The van der Waals surface area contributed by atoms with Crippen LogP contribution in [-0.2, 0) is 6.54 Å². The SMILES string of the molecule is CC(C)n1cc(CNc2cccc(F)c2F)cn1. The van der Waals surface area contributed by atoms with Crippen LogP contribution in [0.4, 0.5) is 14.5 Å². The van der Waals surface area contributed by atoms with E-state index in [2.05, 4.69) is 10.4 Å². The summed E-state index contributed by atoms with van der Waals surface area (Å²) in [4.78, 5) is 0. The summed E-state index contributed by atoms with van der Waals surface area (Å²) in [5.41, 5.74) is 1.08. The van der Waals surface area contributed by atoms with Crippen molar-refractivity contribution in [3.05, 3.63) is 47.8 Å². The fourth-order valence-electron chi connectivity index (χ4n) is 1.59. The molecule has 1 aromatic carbocycles. The van der Waals surface area contributed by atoms with Gasteiger partial charge in [-0.3, -0.25) is 4.68 Å².